The third-order valence-corrected chi connectivity index (χ3v) is 4.95. The third-order valence-electron chi connectivity index (χ3n) is 2.24. The van der Waals surface area contributed by atoms with Crippen LogP contribution >= 0.6 is 54.8 Å². The second-order valence-corrected chi connectivity index (χ2v) is 6.77. The molecule has 0 atom stereocenters. The number of benzene rings is 1. The van der Waals surface area contributed by atoms with Gasteiger partial charge < -0.3 is 5.32 Å². The first-order valence-corrected chi connectivity index (χ1v) is 7.87. The van der Waals surface area contributed by atoms with Gasteiger partial charge in [-0.15, -0.1) is 11.3 Å². The average Bonchev–Trinajstić information content (AvgIpc) is 2.69. The largest absolute Gasteiger partial charge is 0.308 e. The average molecular weight is 396 g/mol. The Hall–Kier alpha value is 0.130. The highest BCUT2D eigenvalue weighted by Crippen LogP contribution is 2.22. The quantitative estimate of drug-likeness (QED) is 0.749. The smallest absolute Gasteiger partial charge is 0.0410 e. The van der Waals surface area contributed by atoms with E-state index >= 15 is 0 Å². The van der Waals surface area contributed by atoms with Crippen LogP contribution in [0.5, 0.6) is 0 Å². The van der Waals surface area contributed by atoms with E-state index in [1.54, 1.807) is 11.3 Å². The van der Waals surface area contributed by atoms with E-state index in [2.05, 4.69) is 48.6 Å². The maximum atomic E-state index is 5.96. The number of hydrogen-bond donors (Lipinski definition) is 1. The molecule has 0 aliphatic heterocycles. The topological polar surface area (TPSA) is 12.0 Å². The molecule has 1 heterocycles. The highest BCUT2D eigenvalue weighted by Gasteiger charge is 2.02. The van der Waals surface area contributed by atoms with E-state index in [4.69, 9.17) is 11.6 Å². The molecule has 2 aromatic rings. The van der Waals surface area contributed by atoms with Crippen molar-refractivity contribution in [2.24, 2.45) is 0 Å². The van der Waals surface area contributed by atoms with Crippen molar-refractivity contribution in [1.29, 1.82) is 0 Å². The standard InChI is InChI=1S/C12H10Br2ClNS/c13-9-4-11(17-7-9)6-16-5-8-3-10(15)1-2-12(8)14/h1-4,7,16H,5-6H2. The molecule has 0 aliphatic carbocycles. The van der Waals surface area contributed by atoms with Gasteiger partial charge >= 0.3 is 0 Å². The minimum Gasteiger partial charge on any atom is -0.308 e. The van der Waals surface area contributed by atoms with Gasteiger partial charge in [-0.1, -0.05) is 27.5 Å². The molecule has 17 heavy (non-hydrogen) atoms. The summed E-state index contributed by atoms with van der Waals surface area (Å²) in [6, 6.07) is 7.96. The van der Waals surface area contributed by atoms with Crippen LogP contribution in [0.4, 0.5) is 0 Å². The zero-order chi connectivity index (χ0) is 12.3. The Kier molecular flexibility index (Phi) is 5.06. The molecule has 5 heteroatoms. The van der Waals surface area contributed by atoms with Gasteiger partial charge in [-0.2, -0.15) is 0 Å². The predicted molar refractivity (Wildman–Crippen MR) is 81.7 cm³/mol. The molecular formula is C12H10Br2ClNS. The van der Waals surface area contributed by atoms with Crippen molar-refractivity contribution < 1.29 is 0 Å². The van der Waals surface area contributed by atoms with Gasteiger partial charge in [0, 0.05) is 37.3 Å². The summed E-state index contributed by atoms with van der Waals surface area (Å²) in [5, 5.41) is 6.26. The van der Waals surface area contributed by atoms with Crippen molar-refractivity contribution in [2.45, 2.75) is 13.1 Å². The first-order chi connectivity index (χ1) is 8.15. The fourth-order valence-corrected chi connectivity index (χ4v) is 3.45. The number of nitrogens with one attached hydrogen (secondary N) is 1. The Bertz CT molecular complexity index is 513. The van der Waals surface area contributed by atoms with Gasteiger partial charge in [0.25, 0.3) is 0 Å². The second kappa shape index (κ2) is 6.34. The molecule has 0 spiro atoms. The van der Waals surface area contributed by atoms with Crippen molar-refractivity contribution >= 4 is 54.8 Å². The fourth-order valence-electron chi connectivity index (χ4n) is 1.45. The molecule has 0 saturated carbocycles. The maximum absolute atomic E-state index is 5.96. The molecule has 0 bridgehead atoms. The van der Waals surface area contributed by atoms with E-state index in [0.717, 1.165) is 27.1 Å². The molecule has 1 aromatic carbocycles. The molecule has 1 aromatic heterocycles. The summed E-state index contributed by atoms with van der Waals surface area (Å²) in [7, 11) is 0. The van der Waals surface area contributed by atoms with E-state index in [9.17, 15) is 0 Å². The molecule has 0 saturated heterocycles. The normalized spacial score (nSPS) is 10.8. The molecule has 0 radical (unpaired) electrons. The molecule has 0 amide bonds. The lowest BCUT2D eigenvalue weighted by Crippen LogP contribution is -2.12. The summed E-state index contributed by atoms with van der Waals surface area (Å²) in [5.74, 6) is 0. The lowest BCUT2D eigenvalue weighted by molar-refractivity contribution is 0.699. The van der Waals surface area contributed by atoms with Crippen molar-refractivity contribution in [2.75, 3.05) is 0 Å². The summed E-state index contributed by atoms with van der Waals surface area (Å²) in [4.78, 5) is 1.31. The van der Waals surface area contributed by atoms with Gasteiger partial charge in [-0.3, -0.25) is 0 Å². The summed E-state index contributed by atoms with van der Waals surface area (Å²) in [5.41, 5.74) is 1.17. The number of rotatable bonds is 4. The van der Waals surface area contributed by atoms with Crippen molar-refractivity contribution in [3.05, 3.63) is 54.1 Å². The Morgan fingerprint density at radius 1 is 1.18 bits per heavy atom. The van der Waals surface area contributed by atoms with Crippen LogP contribution in [0.1, 0.15) is 10.4 Å². The van der Waals surface area contributed by atoms with E-state index in [1.807, 2.05) is 18.2 Å². The highest BCUT2D eigenvalue weighted by molar-refractivity contribution is 9.10. The van der Waals surface area contributed by atoms with E-state index < -0.39 is 0 Å². The first-order valence-electron chi connectivity index (χ1n) is 5.03. The van der Waals surface area contributed by atoms with Crippen LogP contribution in [0.25, 0.3) is 0 Å². The van der Waals surface area contributed by atoms with Gasteiger partial charge in [0.2, 0.25) is 0 Å². The summed E-state index contributed by atoms with van der Waals surface area (Å²) in [6.45, 7) is 1.67. The Morgan fingerprint density at radius 2 is 2.00 bits per heavy atom. The molecule has 1 N–H and O–H groups in total. The molecular weight excluding hydrogens is 385 g/mol. The summed E-state index contributed by atoms with van der Waals surface area (Å²) < 4.78 is 2.23. The highest BCUT2D eigenvalue weighted by atomic mass is 79.9. The SMILES string of the molecule is Clc1ccc(Br)c(CNCc2cc(Br)cs2)c1. The molecule has 0 fully saturated rings. The van der Waals surface area contributed by atoms with Crippen LogP contribution in [0.15, 0.2) is 38.6 Å². The van der Waals surface area contributed by atoms with Crippen LogP contribution in [-0.4, -0.2) is 0 Å². The Balaban J connectivity index is 1.91. The minimum atomic E-state index is 0.767. The maximum Gasteiger partial charge on any atom is 0.0410 e. The van der Waals surface area contributed by atoms with E-state index in [1.165, 1.54) is 10.4 Å². The Morgan fingerprint density at radius 3 is 2.71 bits per heavy atom. The molecule has 1 nitrogen and oxygen atoms in total. The van der Waals surface area contributed by atoms with Gasteiger partial charge in [0.15, 0.2) is 0 Å². The van der Waals surface area contributed by atoms with Gasteiger partial charge in [0.05, 0.1) is 0 Å². The first kappa shape index (κ1) is 13.6. The van der Waals surface area contributed by atoms with Crippen molar-refractivity contribution in [1.82, 2.24) is 5.32 Å². The zero-order valence-corrected chi connectivity index (χ0v) is 13.6. The zero-order valence-electron chi connectivity index (χ0n) is 8.84. The number of hydrogen-bond acceptors (Lipinski definition) is 2. The molecule has 0 aliphatic rings. The fraction of sp³-hybridized carbons (Fsp3) is 0.167. The van der Waals surface area contributed by atoms with Crippen LogP contribution in [0, 0.1) is 0 Å². The lowest BCUT2D eigenvalue weighted by Gasteiger charge is -2.06. The lowest BCUT2D eigenvalue weighted by atomic mass is 10.2. The molecule has 90 valence electrons. The van der Waals surface area contributed by atoms with Gasteiger partial charge in [-0.25, -0.2) is 0 Å². The predicted octanol–water partition coefficient (Wildman–Crippen LogP) is 5.22. The van der Waals surface area contributed by atoms with E-state index in [-0.39, 0.29) is 0 Å². The van der Waals surface area contributed by atoms with Crippen LogP contribution < -0.4 is 5.32 Å². The summed E-state index contributed by atoms with van der Waals surface area (Å²) >= 11 is 14.7. The van der Waals surface area contributed by atoms with Crippen LogP contribution in [0.3, 0.4) is 0 Å². The van der Waals surface area contributed by atoms with Crippen LogP contribution in [0.2, 0.25) is 5.02 Å². The van der Waals surface area contributed by atoms with Crippen molar-refractivity contribution in [3.63, 3.8) is 0 Å². The van der Waals surface area contributed by atoms with Crippen LogP contribution in [-0.2, 0) is 13.1 Å². The van der Waals surface area contributed by atoms with Gasteiger partial charge in [-0.05, 0) is 45.8 Å². The second-order valence-electron chi connectivity index (χ2n) is 3.57. The van der Waals surface area contributed by atoms with Crippen molar-refractivity contribution in [3.8, 4) is 0 Å². The molecule has 2 rings (SSSR count). The minimum absolute atomic E-state index is 0.767. The number of thiophene rings is 1. The Labute approximate surface area is 126 Å². The van der Waals surface area contributed by atoms with E-state index in [0.29, 0.717) is 0 Å². The number of halogens is 3. The monoisotopic (exact) mass is 393 g/mol. The third kappa shape index (κ3) is 4.07. The van der Waals surface area contributed by atoms with Gasteiger partial charge in [0.1, 0.15) is 0 Å². The molecule has 0 unspecified atom stereocenters. The summed E-state index contributed by atoms with van der Waals surface area (Å²) in [6.07, 6.45) is 0.